The van der Waals surface area contributed by atoms with Gasteiger partial charge in [-0.15, -0.1) is 0 Å². The Kier molecular flexibility index (Phi) is 3.84. The molecule has 1 aliphatic heterocycles. The summed E-state index contributed by atoms with van der Waals surface area (Å²) in [6.07, 6.45) is 2.62. The maximum absolute atomic E-state index is 13.1. The quantitative estimate of drug-likeness (QED) is 0.921. The topological polar surface area (TPSA) is 58.2 Å². The number of hydrogen-bond donors (Lipinski definition) is 1. The highest BCUT2D eigenvalue weighted by molar-refractivity contribution is 5.94. The van der Waals surface area contributed by atoms with Gasteiger partial charge in [-0.1, -0.05) is 12.1 Å². The first-order valence-corrected chi connectivity index (χ1v) is 8.38. The van der Waals surface area contributed by atoms with Crippen molar-refractivity contribution in [1.29, 1.82) is 0 Å². The van der Waals surface area contributed by atoms with Crippen molar-refractivity contribution in [2.75, 3.05) is 13.1 Å². The van der Waals surface area contributed by atoms with Crippen LogP contribution in [0.25, 0.3) is 0 Å². The third kappa shape index (κ3) is 2.71. The number of benzene rings is 1. The molecule has 0 unspecified atom stereocenters. The van der Waals surface area contributed by atoms with Crippen molar-refractivity contribution >= 4 is 5.91 Å². The lowest BCUT2D eigenvalue weighted by Crippen LogP contribution is -2.46. The molecule has 1 saturated heterocycles. The van der Waals surface area contributed by atoms with Gasteiger partial charge in [0, 0.05) is 17.8 Å². The van der Waals surface area contributed by atoms with Crippen LogP contribution in [0, 0.1) is 5.82 Å². The van der Waals surface area contributed by atoms with Crippen molar-refractivity contribution < 1.29 is 13.9 Å². The molecule has 0 saturated carbocycles. The third-order valence-corrected chi connectivity index (χ3v) is 4.80. The summed E-state index contributed by atoms with van der Waals surface area (Å²) < 4.78 is 19.1. The van der Waals surface area contributed by atoms with Crippen LogP contribution < -0.4 is 0 Å². The van der Waals surface area contributed by atoms with Crippen molar-refractivity contribution in [3.63, 3.8) is 0 Å². The van der Waals surface area contributed by atoms with Crippen LogP contribution in [0.4, 0.5) is 4.39 Å². The Balaban J connectivity index is 1.56. The minimum Gasteiger partial charge on any atom is -0.367 e. The third-order valence-electron chi connectivity index (χ3n) is 4.80. The van der Waals surface area contributed by atoms with Crippen molar-refractivity contribution in [3.05, 3.63) is 52.6 Å². The molecular formula is C18H20FN3O2. The van der Waals surface area contributed by atoms with Crippen LogP contribution in [-0.4, -0.2) is 40.2 Å². The molecule has 0 spiro atoms. The molecule has 2 aliphatic rings. The van der Waals surface area contributed by atoms with Crippen molar-refractivity contribution in [3.8, 4) is 0 Å². The fourth-order valence-corrected chi connectivity index (χ4v) is 3.62. The van der Waals surface area contributed by atoms with E-state index in [9.17, 15) is 9.18 Å². The summed E-state index contributed by atoms with van der Waals surface area (Å²) >= 11 is 0. The predicted molar refractivity (Wildman–Crippen MR) is 86.2 cm³/mol. The van der Waals surface area contributed by atoms with Crippen LogP contribution >= 0.6 is 0 Å². The lowest BCUT2D eigenvalue weighted by molar-refractivity contribution is -0.0693. The average Bonchev–Trinajstić information content (AvgIpc) is 3.17. The second kappa shape index (κ2) is 6.02. The second-order valence-corrected chi connectivity index (χ2v) is 6.58. The molecule has 2 aromatic rings. The molecule has 2 heterocycles. The summed E-state index contributed by atoms with van der Waals surface area (Å²) in [5.41, 5.74) is 3.59. The van der Waals surface area contributed by atoms with Crippen LogP contribution in [0.1, 0.15) is 46.8 Å². The number of morpholine rings is 1. The number of ether oxygens (including phenoxy) is 1. The molecular weight excluding hydrogens is 309 g/mol. The zero-order chi connectivity index (χ0) is 16.7. The molecule has 2 atom stereocenters. The summed E-state index contributed by atoms with van der Waals surface area (Å²) in [6, 6.07) is 6.27. The van der Waals surface area contributed by atoms with Gasteiger partial charge in [0.25, 0.3) is 5.91 Å². The van der Waals surface area contributed by atoms with E-state index in [2.05, 4.69) is 10.2 Å². The van der Waals surface area contributed by atoms with Gasteiger partial charge >= 0.3 is 0 Å². The number of carbonyl (C=O) groups excluding carboxylic acids is 1. The number of nitrogens with zero attached hydrogens (tertiary/aromatic N) is 2. The Morgan fingerprint density at radius 2 is 2.08 bits per heavy atom. The number of carbonyl (C=O) groups is 1. The molecule has 24 heavy (non-hydrogen) atoms. The van der Waals surface area contributed by atoms with E-state index in [1.807, 2.05) is 6.92 Å². The number of hydrogen-bond acceptors (Lipinski definition) is 3. The number of amides is 1. The van der Waals surface area contributed by atoms with E-state index in [0.29, 0.717) is 18.8 Å². The predicted octanol–water partition coefficient (Wildman–Crippen LogP) is 2.64. The van der Waals surface area contributed by atoms with Crippen molar-refractivity contribution in [2.24, 2.45) is 0 Å². The lowest BCUT2D eigenvalue weighted by Gasteiger charge is -2.36. The number of H-pyrrole nitrogens is 1. The first-order valence-electron chi connectivity index (χ1n) is 8.38. The zero-order valence-electron chi connectivity index (χ0n) is 13.6. The van der Waals surface area contributed by atoms with Crippen LogP contribution in [-0.2, 0) is 17.6 Å². The molecule has 5 nitrogen and oxygen atoms in total. The average molecular weight is 329 g/mol. The van der Waals surface area contributed by atoms with Crippen molar-refractivity contribution in [2.45, 2.75) is 38.4 Å². The van der Waals surface area contributed by atoms with Gasteiger partial charge in [0.1, 0.15) is 11.9 Å². The molecule has 1 N–H and O–H groups in total. The molecule has 0 radical (unpaired) electrons. The molecule has 1 fully saturated rings. The van der Waals surface area contributed by atoms with E-state index in [0.717, 1.165) is 36.1 Å². The maximum atomic E-state index is 13.1. The van der Waals surface area contributed by atoms with E-state index < -0.39 is 0 Å². The SMILES string of the molecule is C[C@H]1CN(C(=O)c2n[nH]c3c2CCC3)C[C@H](c2ccc(F)cc2)O1. The Morgan fingerprint density at radius 3 is 2.88 bits per heavy atom. The molecule has 1 aliphatic carbocycles. The molecule has 4 rings (SSSR count). The van der Waals surface area contributed by atoms with Gasteiger partial charge in [-0.05, 0) is 43.9 Å². The van der Waals surface area contributed by atoms with Gasteiger partial charge in [-0.2, -0.15) is 5.10 Å². The van der Waals surface area contributed by atoms with Gasteiger partial charge in [0.05, 0.1) is 12.6 Å². The number of aromatic nitrogens is 2. The normalized spacial score (nSPS) is 23.3. The number of aryl methyl sites for hydroxylation is 1. The molecule has 1 aromatic heterocycles. The summed E-state index contributed by atoms with van der Waals surface area (Å²) in [5.74, 6) is -0.320. The van der Waals surface area contributed by atoms with Crippen LogP contribution in [0.3, 0.4) is 0 Å². The van der Waals surface area contributed by atoms with Gasteiger partial charge in [0.2, 0.25) is 0 Å². The highest BCUT2D eigenvalue weighted by Crippen LogP contribution is 2.28. The summed E-state index contributed by atoms with van der Waals surface area (Å²) in [6.45, 7) is 2.94. The fourth-order valence-electron chi connectivity index (χ4n) is 3.62. The number of rotatable bonds is 2. The van der Waals surface area contributed by atoms with E-state index in [-0.39, 0.29) is 23.9 Å². The molecule has 126 valence electrons. The summed E-state index contributed by atoms with van der Waals surface area (Å²) in [7, 11) is 0. The van der Waals surface area contributed by atoms with E-state index in [1.54, 1.807) is 17.0 Å². The zero-order valence-corrected chi connectivity index (χ0v) is 13.6. The number of aromatic amines is 1. The van der Waals surface area contributed by atoms with Gasteiger partial charge < -0.3 is 9.64 Å². The summed E-state index contributed by atoms with van der Waals surface area (Å²) in [4.78, 5) is 14.7. The Labute approximate surface area is 139 Å². The standard InChI is InChI=1S/C18H20FN3O2/c1-11-9-22(10-16(24-11)12-5-7-13(19)8-6-12)18(23)17-14-3-2-4-15(14)20-21-17/h5-8,11,16H,2-4,9-10H2,1H3,(H,20,21)/t11-,16+/m0/s1. The van der Waals surface area contributed by atoms with Gasteiger partial charge in [-0.3, -0.25) is 9.89 Å². The lowest BCUT2D eigenvalue weighted by atomic mass is 10.1. The highest BCUT2D eigenvalue weighted by atomic mass is 19.1. The second-order valence-electron chi connectivity index (χ2n) is 6.58. The largest absolute Gasteiger partial charge is 0.367 e. The van der Waals surface area contributed by atoms with Crippen LogP contribution in [0.15, 0.2) is 24.3 Å². The molecule has 1 aromatic carbocycles. The van der Waals surface area contributed by atoms with E-state index >= 15 is 0 Å². The molecule has 6 heteroatoms. The number of halogens is 1. The minimum atomic E-state index is -0.275. The highest BCUT2D eigenvalue weighted by Gasteiger charge is 2.33. The maximum Gasteiger partial charge on any atom is 0.274 e. The van der Waals surface area contributed by atoms with Gasteiger partial charge in [-0.25, -0.2) is 4.39 Å². The van der Waals surface area contributed by atoms with Crippen LogP contribution in [0.2, 0.25) is 0 Å². The van der Waals surface area contributed by atoms with E-state index in [1.165, 1.54) is 12.1 Å². The Bertz CT molecular complexity index is 756. The molecule has 0 bridgehead atoms. The Morgan fingerprint density at radius 1 is 1.29 bits per heavy atom. The number of nitrogens with one attached hydrogen (secondary N) is 1. The number of fused-ring (bicyclic) bond motifs is 1. The fraction of sp³-hybridized carbons (Fsp3) is 0.444. The first-order chi connectivity index (χ1) is 11.6. The smallest absolute Gasteiger partial charge is 0.274 e. The van der Waals surface area contributed by atoms with E-state index in [4.69, 9.17) is 4.74 Å². The van der Waals surface area contributed by atoms with Crippen LogP contribution in [0.5, 0.6) is 0 Å². The summed E-state index contributed by atoms with van der Waals surface area (Å²) in [5, 5.41) is 7.24. The first kappa shape index (κ1) is 15.3. The molecule has 1 amide bonds. The monoisotopic (exact) mass is 329 g/mol. The minimum absolute atomic E-state index is 0.0448. The van der Waals surface area contributed by atoms with Crippen molar-refractivity contribution in [1.82, 2.24) is 15.1 Å². The van der Waals surface area contributed by atoms with Gasteiger partial charge in [0.15, 0.2) is 5.69 Å². The Hall–Kier alpha value is -2.21.